The molecule has 0 N–H and O–H groups in total. The molecule has 0 aliphatic heterocycles. The van der Waals surface area contributed by atoms with Gasteiger partial charge in [-0.25, -0.2) is 14.8 Å². The van der Waals surface area contributed by atoms with Crippen LogP contribution in [0, 0.1) is 0 Å². The van der Waals surface area contributed by atoms with E-state index in [2.05, 4.69) is 9.97 Å². The summed E-state index contributed by atoms with van der Waals surface area (Å²) in [7, 11) is 5.53. The molecule has 28 heavy (non-hydrogen) atoms. The van der Waals surface area contributed by atoms with Crippen molar-refractivity contribution in [3.63, 3.8) is 0 Å². The van der Waals surface area contributed by atoms with Gasteiger partial charge in [-0.2, -0.15) is 0 Å². The first kappa shape index (κ1) is 16.7. The Morgan fingerprint density at radius 1 is 1.14 bits per heavy atom. The van der Waals surface area contributed by atoms with E-state index >= 15 is 0 Å². The average molecular weight is 393 g/mol. The molecule has 0 bridgehead atoms. The normalized spacial score (nSPS) is 11.7. The molecule has 0 spiro atoms. The highest BCUT2D eigenvalue weighted by Gasteiger charge is 2.17. The predicted octanol–water partition coefficient (Wildman–Crippen LogP) is 2.51. The van der Waals surface area contributed by atoms with Gasteiger partial charge in [-0.1, -0.05) is 0 Å². The lowest BCUT2D eigenvalue weighted by molar-refractivity contribution is 0.528. The van der Waals surface area contributed by atoms with Crippen molar-refractivity contribution < 1.29 is 4.42 Å². The summed E-state index contributed by atoms with van der Waals surface area (Å²) in [5, 5.41) is 0.876. The summed E-state index contributed by atoms with van der Waals surface area (Å²) in [5.74, 6) is -0.445. The van der Waals surface area contributed by atoms with Crippen LogP contribution in [0.2, 0.25) is 0 Å². The first-order valence-corrected chi connectivity index (χ1v) is 9.33. The number of thiophene rings is 1. The molecule has 5 rings (SSSR count). The number of fused-ring (bicyclic) bond motifs is 4. The van der Waals surface area contributed by atoms with E-state index in [1.54, 1.807) is 31.4 Å². The highest BCUT2D eigenvalue weighted by molar-refractivity contribution is 7.25. The molecule has 0 aliphatic carbocycles. The first-order chi connectivity index (χ1) is 13.5. The molecule has 0 fully saturated rings. The van der Waals surface area contributed by atoms with Crippen molar-refractivity contribution in [3.05, 3.63) is 57.7 Å². The van der Waals surface area contributed by atoms with Crippen LogP contribution in [0.3, 0.4) is 0 Å². The second-order valence-corrected chi connectivity index (χ2v) is 7.68. The predicted molar refractivity (Wildman–Crippen MR) is 110 cm³/mol. The van der Waals surface area contributed by atoms with Gasteiger partial charge in [0.05, 0.1) is 27.8 Å². The van der Waals surface area contributed by atoms with Crippen molar-refractivity contribution in [1.29, 1.82) is 0 Å². The monoisotopic (exact) mass is 393 g/mol. The molecule has 0 atom stereocenters. The molecule has 9 heteroatoms. The van der Waals surface area contributed by atoms with Gasteiger partial charge in [-0.05, 0) is 18.2 Å². The van der Waals surface area contributed by atoms with Crippen LogP contribution in [0.1, 0.15) is 0 Å². The Labute approximate surface area is 161 Å². The summed E-state index contributed by atoms with van der Waals surface area (Å²) in [6.45, 7) is 0. The maximum Gasteiger partial charge on any atom is 0.419 e. The third kappa shape index (κ3) is 2.23. The SMILES string of the molecule is CN(C)c1ccnc2sc3c(=O)n(-c4ccc5c(c4)oc(=O)n5C)cnc3c12. The quantitative estimate of drug-likeness (QED) is 0.458. The number of pyridine rings is 1. The second-order valence-electron chi connectivity index (χ2n) is 6.68. The number of hydrogen-bond donors (Lipinski definition) is 0. The third-order valence-electron chi connectivity index (χ3n) is 4.80. The van der Waals surface area contributed by atoms with Gasteiger partial charge in [0.2, 0.25) is 0 Å². The maximum atomic E-state index is 13.2. The zero-order valence-electron chi connectivity index (χ0n) is 15.3. The number of aromatic nitrogens is 4. The van der Waals surface area contributed by atoms with E-state index in [1.807, 2.05) is 25.1 Å². The molecule has 8 nitrogen and oxygen atoms in total. The van der Waals surface area contributed by atoms with Crippen LogP contribution in [0.5, 0.6) is 0 Å². The first-order valence-electron chi connectivity index (χ1n) is 8.52. The highest BCUT2D eigenvalue weighted by Crippen LogP contribution is 2.35. The minimum absolute atomic E-state index is 0.185. The topological polar surface area (TPSA) is 86.2 Å². The van der Waals surface area contributed by atoms with E-state index in [0.717, 1.165) is 15.9 Å². The van der Waals surface area contributed by atoms with E-state index in [0.29, 0.717) is 27.0 Å². The van der Waals surface area contributed by atoms with Crippen LogP contribution >= 0.6 is 11.3 Å². The summed E-state index contributed by atoms with van der Waals surface area (Å²) in [4.78, 5) is 36.6. The van der Waals surface area contributed by atoms with E-state index in [4.69, 9.17) is 4.42 Å². The zero-order chi connectivity index (χ0) is 19.6. The number of anilines is 1. The Bertz CT molecular complexity index is 1510. The van der Waals surface area contributed by atoms with Crippen LogP contribution in [0.25, 0.3) is 37.2 Å². The van der Waals surface area contributed by atoms with Crippen LogP contribution in [-0.2, 0) is 7.05 Å². The van der Waals surface area contributed by atoms with E-state index in [1.165, 1.54) is 26.8 Å². The highest BCUT2D eigenvalue weighted by atomic mass is 32.1. The number of nitrogens with zero attached hydrogens (tertiary/aromatic N) is 5. The minimum Gasteiger partial charge on any atom is -0.408 e. The number of rotatable bonds is 2. The minimum atomic E-state index is -0.445. The van der Waals surface area contributed by atoms with Gasteiger partial charge in [0.1, 0.15) is 15.9 Å². The van der Waals surface area contributed by atoms with Gasteiger partial charge >= 0.3 is 5.76 Å². The smallest absolute Gasteiger partial charge is 0.408 e. The van der Waals surface area contributed by atoms with Crippen molar-refractivity contribution in [2.45, 2.75) is 0 Å². The molecule has 0 saturated carbocycles. The van der Waals surface area contributed by atoms with Gasteiger partial charge in [0, 0.05) is 33.4 Å². The number of hydrogen-bond acceptors (Lipinski definition) is 7. The fourth-order valence-electron chi connectivity index (χ4n) is 3.37. The lowest BCUT2D eigenvalue weighted by atomic mass is 10.2. The number of aryl methyl sites for hydroxylation is 1. The molecule has 4 aromatic heterocycles. The van der Waals surface area contributed by atoms with Crippen molar-refractivity contribution >= 4 is 48.6 Å². The lowest BCUT2D eigenvalue weighted by Gasteiger charge is -2.13. The average Bonchev–Trinajstić information content (AvgIpc) is 3.20. The van der Waals surface area contributed by atoms with Crippen LogP contribution < -0.4 is 16.2 Å². The van der Waals surface area contributed by atoms with Gasteiger partial charge < -0.3 is 9.32 Å². The Morgan fingerprint density at radius 2 is 1.96 bits per heavy atom. The van der Waals surface area contributed by atoms with Gasteiger partial charge in [0.15, 0.2) is 5.58 Å². The molecule has 0 aliphatic rings. The third-order valence-corrected chi connectivity index (χ3v) is 5.87. The summed E-state index contributed by atoms with van der Waals surface area (Å²) in [6, 6.07) is 7.10. The largest absolute Gasteiger partial charge is 0.419 e. The second kappa shape index (κ2) is 5.77. The zero-order valence-corrected chi connectivity index (χ0v) is 16.1. The Hall–Kier alpha value is -3.46. The van der Waals surface area contributed by atoms with E-state index < -0.39 is 5.76 Å². The van der Waals surface area contributed by atoms with Gasteiger partial charge in [0.25, 0.3) is 5.56 Å². The molecule has 0 radical (unpaired) electrons. The Kier molecular flexibility index (Phi) is 3.44. The van der Waals surface area contributed by atoms with E-state index in [-0.39, 0.29) is 5.56 Å². The molecule has 4 heterocycles. The number of oxazole rings is 1. The summed E-state index contributed by atoms with van der Waals surface area (Å²) in [6.07, 6.45) is 3.24. The molecule has 0 saturated heterocycles. The molecule has 0 amide bonds. The summed E-state index contributed by atoms with van der Waals surface area (Å²) in [5.41, 5.74) is 3.09. The van der Waals surface area contributed by atoms with E-state index in [9.17, 15) is 9.59 Å². The molecular formula is C19H15N5O3S. The van der Waals surface area contributed by atoms with Crippen molar-refractivity contribution in [2.75, 3.05) is 19.0 Å². The van der Waals surface area contributed by atoms with Crippen LogP contribution in [-0.4, -0.2) is 33.2 Å². The number of benzene rings is 1. The van der Waals surface area contributed by atoms with Gasteiger partial charge in [-0.15, -0.1) is 11.3 Å². The maximum absolute atomic E-state index is 13.2. The molecule has 1 aromatic carbocycles. The fourth-order valence-corrected chi connectivity index (χ4v) is 4.41. The van der Waals surface area contributed by atoms with Crippen LogP contribution in [0.15, 0.2) is 50.8 Å². The molecule has 140 valence electrons. The van der Waals surface area contributed by atoms with Crippen molar-refractivity contribution in [1.82, 2.24) is 19.1 Å². The lowest BCUT2D eigenvalue weighted by Crippen LogP contribution is -2.17. The van der Waals surface area contributed by atoms with Crippen LogP contribution in [0.4, 0.5) is 5.69 Å². The summed E-state index contributed by atoms with van der Waals surface area (Å²) < 4.78 is 8.65. The molecule has 0 unspecified atom stereocenters. The molecular weight excluding hydrogens is 378 g/mol. The standard InChI is InChI=1S/C19H15N5O3S/c1-22(2)12-6-7-20-17-14(12)15-16(28-17)18(25)24(9-21-15)10-4-5-11-13(8-10)27-19(26)23(11)3/h4-9H,1-3H3. The van der Waals surface area contributed by atoms with Crippen molar-refractivity contribution in [2.24, 2.45) is 7.05 Å². The van der Waals surface area contributed by atoms with Gasteiger partial charge in [-0.3, -0.25) is 13.9 Å². The Morgan fingerprint density at radius 3 is 2.75 bits per heavy atom. The molecule has 5 aromatic rings. The summed E-state index contributed by atoms with van der Waals surface area (Å²) >= 11 is 1.33. The Balaban J connectivity index is 1.79. The fraction of sp³-hybridized carbons (Fsp3) is 0.158. The van der Waals surface area contributed by atoms with Crippen molar-refractivity contribution in [3.8, 4) is 5.69 Å².